The topological polar surface area (TPSA) is 62.2 Å². The molecule has 0 fully saturated rings. The lowest BCUT2D eigenvalue weighted by Gasteiger charge is -2.35. The largest absolute Gasteiger partial charge is 0.368 e. The summed E-state index contributed by atoms with van der Waals surface area (Å²) in [6.45, 7) is 10.2. The molecule has 0 aliphatic carbocycles. The van der Waals surface area contributed by atoms with Crippen molar-refractivity contribution in [3.8, 4) is 0 Å². The fraction of sp³-hybridized carbons (Fsp3) is 1.00. The Hall–Kier alpha value is -0.200. The van der Waals surface area contributed by atoms with Crippen molar-refractivity contribution in [1.29, 1.82) is 0 Å². The van der Waals surface area contributed by atoms with Crippen molar-refractivity contribution in [1.82, 2.24) is 4.90 Å². The van der Waals surface area contributed by atoms with E-state index in [9.17, 15) is 10.2 Å². The van der Waals surface area contributed by atoms with Gasteiger partial charge in [-0.1, -0.05) is 103 Å². The molecule has 0 amide bonds. The molecule has 0 saturated heterocycles. The monoisotopic (exact) mass is 445 g/mol. The predicted octanol–water partition coefficient (Wildman–Crippen LogP) is 6.95. The molecule has 0 aliphatic heterocycles. The van der Waals surface area contributed by atoms with E-state index in [4.69, 9.17) is 9.47 Å². The van der Waals surface area contributed by atoms with Crippen LogP contribution in [0.15, 0.2) is 0 Å². The third kappa shape index (κ3) is 20.2. The Morgan fingerprint density at radius 2 is 0.806 bits per heavy atom. The second kappa shape index (κ2) is 21.6. The average Bonchev–Trinajstić information content (AvgIpc) is 2.69. The molecule has 5 heteroatoms. The Balaban J connectivity index is 3.68. The fourth-order valence-electron chi connectivity index (χ4n) is 4.23. The molecule has 5 nitrogen and oxygen atoms in total. The SMILES string of the molecule is CCCCCCCCCCCCCCCCCCN(C(C)OC(C)O)C(C)OC(C)O. The first-order chi connectivity index (χ1) is 14.9. The summed E-state index contributed by atoms with van der Waals surface area (Å²) in [5.41, 5.74) is 0. The van der Waals surface area contributed by atoms with Crippen LogP contribution in [0.4, 0.5) is 0 Å². The van der Waals surface area contributed by atoms with E-state index >= 15 is 0 Å². The summed E-state index contributed by atoms with van der Waals surface area (Å²) in [5.74, 6) is 0. The minimum absolute atomic E-state index is 0.259. The van der Waals surface area contributed by atoms with E-state index in [-0.39, 0.29) is 12.5 Å². The molecule has 0 bridgehead atoms. The zero-order chi connectivity index (χ0) is 23.3. The van der Waals surface area contributed by atoms with Crippen molar-refractivity contribution < 1.29 is 19.7 Å². The summed E-state index contributed by atoms with van der Waals surface area (Å²) >= 11 is 0. The van der Waals surface area contributed by atoms with Crippen LogP contribution in [0.25, 0.3) is 0 Å². The quantitative estimate of drug-likeness (QED) is 0.132. The molecule has 0 radical (unpaired) electrons. The number of nitrogens with zero attached hydrogens (tertiary/aromatic N) is 1. The van der Waals surface area contributed by atoms with Gasteiger partial charge in [-0.05, 0) is 34.1 Å². The van der Waals surface area contributed by atoms with Crippen molar-refractivity contribution in [2.75, 3.05) is 6.54 Å². The molecule has 0 saturated carbocycles. The molecule has 0 rings (SSSR count). The maximum atomic E-state index is 9.51. The molecular formula is C26H55NO4. The van der Waals surface area contributed by atoms with E-state index in [0.717, 1.165) is 13.0 Å². The van der Waals surface area contributed by atoms with Gasteiger partial charge in [-0.2, -0.15) is 0 Å². The van der Waals surface area contributed by atoms with Gasteiger partial charge in [0, 0.05) is 6.54 Å². The third-order valence-electron chi connectivity index (χ3n) is 5.99. The van der Waals surface area contributed by atoms with Crippen molar-refractivity contribution >= 4 is 0 Å². The van der Waals surface area contributed by atoms with Crippen molar-refractivity contribution in [3.05, 3.63) is 0 Å². The van der Waals surface area contributed by atoms with Gasteiger partial charge in [0.1, 0.15) is 12.5 Å². The highest BCUT2D eigenvalue weighted by Gasteiger charge is 2.23. The van der Waals surface area contributed by atoms with Crippen molar-refractivity contribution in [3.63, 3.8) is 0 Å². The molecule has 31 heavy (non-hydrogen) atoms. The number of hydrogen-bond acceptors (Lipinski definition) is 5. The molecule has 0 aliphatic rings. The maximum Gasteiger partial charge on any atom is 0.153 e. The molecule has 188 valence electrons. The molecular weight excluding hydrogens is 390 g/mol. The summed E-state index contributed by atoms with van der Waals surface area (Å²) in [5, 5.41) is 19.0. The van der Waals surface area contributed by atoms with E-state index in [1.54, 1.807) is 13.8 Å². The van der Waals surface area contributed by atoms with E-state index in [0.29, 0.717) is 0 Å². The van der Waals surface area contributed by atoms with Gasteiger partial charge in [-0.3, -0.25) is 4.90 Å². The minimum Gasteiger partial charge on any atom is -0.368 e. The lowest BCUT2D eigenvalue weighted by atomic mass is 10.0. The summed E-state index contributed by atoms with van der Waals surface area (Å²) < 4.78 is 11.0. The standard InChI is InChI=1S/C26H55NO4/c1-6-7-8-9-10-11-12-13-14-15-16-17-18-19-20-21-22-27(23(2)30-25(4)28)24(3)31-26(5)29/h23-26,28-29H,6-22H2,1-5H3. The van der Waals surface area contributed by atoms with Gasteiger partial charge in [0.2, 0.25) is 0 Å². The molecule has 0 heterocycles. The fourth-order valence-corrected chi connectivity index (χ4v) is 4.23. The molecule has 0 aromatic rings. The third-order valence-corrected chi connectivity index (χ3v) is 5.99. The van der Waals surface area contributed by atoms with Gasteiger partial charge >= 0.3 is 0 Å². The Morgan fingerprint density at radius 3 is 1.10 bits per heavy atom. The molecule has 0 spiro atoms. The molecule has 0 aromatic carbocycles. The lowest BCUT2D eigenvalue weighted by molar-refractivity contribution is -0.230. The summed E-state index contributed by atoms with van der Waals surface area (Å²) in [4.78, 5) is 2.06. The second-order valence-corrected chi connectivity index (χ2v) is 9.21. The highest BCUT2D eigenvalue weighted by molar-refractivity contribution is 4.63. The van der Waals surface area contributed by atoms with Gasteiger partial charge in [0.05, 0.1) is 0 Å². The van der Waals surface area contributed by atoms with Crippen LogP contribution in [0.1, 0.15) is 137 Å². The highest BCUT2D eigenvalue weighted by atomic mass is 16.6. The van der Waals surface area contributed by atoms with Crippen LogP contribution in [-0.4, -0.2) is 46.7 Å². The number of rotatable bonds is 23. The predicted molar refractivity (Wildman–Crippen MR) is 131 cm³/mol. The summed E-state index contributed by atoms with van der Waals surface area (Å²) in [6.07, 6.45) is 19.6. The Bertz CT molecular complexity index is 349. The first-order valence-corrected chi connectivity index (χ1v) is 13.3. The minimum atomic E-state index is -0.818. The van der Waals surface area contributed by atoms with Gasteiger partial charge in [-0.25, -0.2) is 0 Å². The van der Waals surface area contributed by atoms with Gasteiger partial charge in [0.25, 0.3) is 0 Å². The lowest BCUT2D eigenvalue weighted by Crippen LogP contribution is -2.45. The van der Waals surface area contributed by atoms with Crippen LogP contribution >= 0.6 is 0 Å². The van der Waals surface area contributed by atoms with Gasteiger partial charge in [0.15, 0.2) is 12.6 Å². The smallest absolute Gasteiger partial charge is 0.153 e. The number of unbranched alkanes of at least 4 members (excludes halogenated alkanes) is 15. The first kappa shape index (κ1) is 30.8. The molecule has 2 N–H and O–H groups in total. The van der Waals surface area contributed by atoms with Crippen molar-refractivity contribution in [2.24, 2.45) is 0 Å². The van der Waals surface area contributed by atoms with Crippen LogP contribution < -0.4 is 0 Å². The van der Waals surface area contributed by atoms with Gasteiger partial charge < -0.3 is 19.7 Å². The average molecular weight is 446 g/mol. The summed E-state index contributed by atoms with van der Waals surface area (Å²) in [7, 11) is 0. The van der Waals surface area contributed by atoms with E-state index in [1.807, 2.05) is 13.8 Å². The Kier molecular flexibility index (Phi) is 21.5. The number of ether oxygens (including phenoxy) is 2. The zero-order valence-electron chi connectivity index (χ0n) is 21.5. The second-order valence-electron chi connectivity index (χ2n) is 9.21. The van der Waals surface area contributed by atoms with Crippen LogP contribution in [0.2, 0.25) is 0 Å². The molecule has 0 aromatic heterocycles. The van der Waals surface area contributed by atoms with Crippen LogP contribution in [-0.2, 0) is 9.47 Å². The number of aliphatic hydroxyl groups excluding tert-OH is 2. The number of aliphatic hydroxyl groups is 2. The number of hydrogen-bond donors (Lipinski definition) is 2. The van der Waals surface area contributed by atoms with E-state index in [1.165, 1.54) is 96.3 Å². The maximum absolute atomic E-state index is 9.51. The molecule has 4 atom stereocenters. The normalized spacial score (nSPS) is 15.9. The summed E-state index contributed by atoms with van der Waals surface area (Å²) in [6, 6.07) is 0. The van der Waals surface area contributed by atoms with E-state index < -0.39 is 12.6 Å². The van der Waals surface area contributed by atoms with Crippen LogP contribution in [0.5, 0.6) is 0 Å². The highest BCUT2D eigenvalue weighted by Crippen LogP contribution is 2.16. The Labute approximate surface area is 193 Å². The van der Waals surface area contributed by atoms with Crippen molar-refractivity contribution in [2.45, 2.75) is 162 Å². The Morgan fingerprint density at radius 1 is 0.516 bits per heavy atom. The van der Waals surface area contributed by atoms with Crippen LogP contribution in [0, 0.1) is 0 Å². The van der Waals surface area contributed by atoms with Gasteiger partial charge in [-0.15, -0.1) is 0 Å². The molecule has 4 unspecified atom stereocenters. The zero-order valence-corrected chi connectivity index (χ0v) is 21.5. The van der Waals surface area contributed by atoms with E-state index in [2.05, 4.69) is 11.8 Å². The van der Waals surface area contributed by atoms with Crippen LogP contribution in [0.3, 0.4) is 0 Å². The first-order valence-electron chi connectivity index (χ1n) is 13.3.